The summed E-state index contributed by atoms with van der Waals surface area (Å²) in [6, 6.07) is 6.57. The Morgan fingerprint density at radius 1 is 1.32 bits per heavy atom. The maximum atomic E-state index is 13.0. The Kier molecular flexibility index (Phi) is 4.46. The highest BCUT2D eigenvalue weighted by molar-refractivity contribution is 6.28. The van der Waals surface area contributed by atoms with E-state index < -0.39 is 0 Å². The average molecular weight is 283 g/mol. The molecule has 19 heavy (non-hydrogen) atoms. The van der Waals surface area contributed by atoms with Gasteiger partial charge in [0.2, 0.25) is 11.2 Å². The molecule has 0 fully saturated rings. The fourth-order valence-corrected chi connectivity index (χ4v) is 1.67. The van der Waals surface area contributed by atoms with Gasteiger partial charge in [-0.2, -0.15) is 15.0 Å². The molecule has 0 aliphatic heterocycles. The van der Waals surface area contributed by atoms with Crippen LogP contribution in [0.25, 0.3) is 0 Å². The van der Waals surface area contributed by atoms with E-state index in [4.69, 9.17) is 16.3 Å². The van der Waals surface area contributed by atoms with Crippen molar-refractivity contribution in [2.75, 3.05) is 19.0 Å². The summed E-state index contributed by atoms with van der Waals surface area (Å²) >= 11 is 5.71. The Hall–Kier alpha value is -1.95. The molecule has 0 saturated heterocycles. The number of hydrogen-bond donors (Lipinski definition) is 1. The molecule has 5 nitrogen and oxygen atoms in total. The first-order valence-corrected chi connectivity index (χ1v) is 5.99. The number of rotatable bonds is 5. The molecular formula is C12H12ClFN4O. The van der Waals surface area contributed by atoms with Gasteiger partial charge in [-0.05, 0) is 35.7 Å². The Labute approximate surface area is 114 Å². The second kappa shape index (κ2) is 6.29. The zero-order valence-corrected chi connectivity index (χ0v) is 11.0. The lowest BCUT2D eigenvalue weighted by Crippen LogP contribution is -2.09. The smallest absolute Gasteiger partial charge is 0.322 e. The van der Waals surface area contributed by atoms with Crippen LogP contribution in [0.5, 0.6) is 6.01 Å². The predicted octanol–water partition coefficient (Wildman–Crippen LogP) is 2.33. The second-order valence-electron chi connectivity index (χ2n) is 3.72. The molecule has 1 N–H and O–H groups in total. The fourth-order valence-electron chi connectivity index (χ4n) is 1.51. The molecule has 1 heterocycles. The van der Waals surface area contributed by atoms with Crippen molar-refractivity contribution in [3.63, 3.8) is 0 Å². The van der Waals surface area contributed by atoms with Crippen molar-refractivity contribution >= 4 is 17.5 Å². The molecule has 100 valence electrons. The van der Waals surface area contributed by atoms with Crippen LogP contribution in [0.4, 0.5) is 10.3 Å². The van der Waals surface area contributed by atoms with E-state index in [0.717, 1.165) is 5.56 Å². The molecule has 1 aromatic heterocycles. The summed E-state index contributed by atoms with van der Waals surface area (Å²) < 4.78 is 17.9. The lowest BCUT2D eigenvalue weighted by Gasteiger charge is -2.06. The van der Waals surface area contributed by atoms with E-state index in [1.165, 1.54) is 19.2 Å². The first-order valence-electron chi connectivity index (χ1n) is 5.61. The first kappa shape index (κ1) is 13.5. The molecule has 0 atom stereocenters. The van der Waals surface area contributed by atoms with E-state index in [1.54, 1.807) is 6.07 Å². The number of nitrogens with one attached hydrogen (secondary N) is 1. The van der Waals surface area contributed by atoms with Gasteiger partial charge in [0.1, 0.15) is 5.82 Å². The van der Waals surface area contributed by atoms with E-state index in [2.05, 4.69) is 20.3 Å². The number of aromatic nitrogens is 3. The number of anilines is 1. The van der Waals surface area contributed by atoms with Gasteiger partial charge in [0, 0.05) is 6.54 Å². The van der Waals surface area contributed by atoms with Crippen LogP contribution < -0.4 is 10.1 Å². The summed E-state index contributed by atoms with van der Waals surface area (Å²) in [5, 5.41) is 3.03. The van der Waals surface area contributed by atoms with Gasteiger partial charge >= 0.3 is 6.01 Å². The van der Waals surface area contributed by atoms with Crippen LogP contribution in [0.3, 0.4) is 0 Å². The minimum absolute atomic E-state index is 0.0557. The minimum Gasteiger partial charge on any atom is -0.467 e. The number of benzene rings is 1. The zero-order chi connectivity index (χ0) is 13.7. The molecule has 0 unspecified atom stereocenters. The van der Waals surface area contributed by atoms with Crippen molar-refractivity contribution in [3.05, 3.63) is 40.9 Å². The van der Waals surface area contributed by atoms with Crippen molar-refractivity contribution in [3.8, 4) is 6.01 Å². The van der Waals surface area contributed by atoms with E-state index in [9.17, 15) is 4.39 Å². The van der Waals surface area contributed by atoms with Crippen LogP contribution in [0, 0.1) is 5.82 Å². The molecule has 0 aliphatic carbocycles. The summed E-state index contributed by atoms with van der Waals surface area (Å²) in [5.74, 6) is 0.0793. The Morgan fingerprint density at radius 2 is 2.16 bits per heavy atom. The van der Waals surface area contributed by atoms with Crippen LogP contribution in [0.2, 0.25) is 5.28 Å². The zero-order valence-electron chi connectivity index (χ0n) is 10.2. The van der Waals surface area contributed by atoms with E-state index >= 15 is 0 Å². The maximum absolute atomic E-state index is 13.0. The SMILES string of the molecule is COc1nc(Cl)nc(NCCc2cccc(F)c2)n1. The number of ether oxygens (including phenoxy) is 1. The van der Waals surface area contributed by atoms with Crippen molar-refractivity contribution in [2.45, 2.75) is 6.42 Å². The highest BCUT2D eigenvalue weighted by Crippen LogP contribution is 2.11. The van der Waals surface area contributed by atoms with E-state index in [1.807, 2.05) is 6.07 Å². The topological polar surface area (TPSA) is 59.9 Å². The quantitative estimate of drug-likeness (QED) is 0.912. The minimum atomic E-state index is -0.248. The molecule has 1 aromatic carbocycles. The molecular weight excluding hydrogens is 271 g/mol. The normalized spacial score (nSPS) is 10.3. The molecule has 2 aromatic rings. The first-order chi connectivity index (χ1) is 9.17. The van der Waals surface area contributed by atoms with Crippen molar-refractivity contribution < 1.29 is 9.13 Å². The third-order valence-electron chi connectivity index (χ3n) is 2.36. The third-order valence-corrected chi connectivity index (χ3v) is 2.53. The van der Waals surface area contributed by atoms with Gasteiger partial charge in [-0.25, -0.2) is 4.39 Å². The molecule has 0 amide bonds. The number of hydrogen-bond acceptors (Lipinski definition) is 5. The average Bonchev–Trinajstić information content (AvgIpc) is 2.38. The summed E-state index contributed by atoms with van der Waals surface area (Å²) in [6.07, 6.45) is 0.642. The highest BCUT2D eigenvalue weighted by Gasteiger charge is 2.04. The van der Waals surface area contributed by atoms with Crippen LogP contribution in [0.1, 0.15) is 5.56 Å². The predicted molar refractivity (Wildman–Crippen MR) is 70.0 cm³/mol. The van der Waals surface area contributed by atoms with E-state index in [0.29, 0.717) is 18.9 Å². The van der Waals surface area contributed by atoms with Gasteiger partial charge in [0.15, 0.2) is 0 Å². The van der Waals surface area contributed by atoms with Gasteiger partial charge < -0.3 is 10.1 Å². The lowest BCUT2D eigenvalue weighted by molar-refractivity contribution is 0.379. The number of halogens is 2. The fraction of sp³-hybridized carbons (Fsp3) is 0.250. The number of methoxy groups -OCH3 is 1. The maximum Gasteiger partial charge on any atom is 0.322 e. The highest BCUT2D eigenvalue weighted by atomic mass is 35.5. The van der Waals surface area contributed by atoms with Crippen molar-refractivity contribution in [1.29, 1.82) is 0 Å². The van der Waals surface area contributed by atoms with Gasteiger partial charge in [-0.3, -0.25) is 0 Å². The molecule has 0 aliphatic rings. The lowest BCUT2D eigenvalue weighted by atomic mass is 10.1. The number of nitrogens with zero attached hydrogens (tertiary/aromatic N) is 3. The van der Waals surface area contributed by atoms with Crippen LogP contribution >= 0.6 is 11.6 Å². The summed E-state index contributed by atoms with van der Waals surface area (Å²) in [4.78, 5) is 11.7. The monoisotopic (exact) mass is 282 g/mol. The molecule has 0 radical (unpaired) electrons. The second-order valence-corrected chi connectivity index (χ2v) is 4.06. The van der Waals surface area contributed by atoms with Gasteiger partial charge in [0.25, 0.3) is 0 Å². The molecule has 7 heteroatoms. The standard InChI is InChI=1S/C12H12ClFN4O/c1-19-12-17-10(13)16-11(18-12)15-6-5-8-3-2-4-9(14)7-8/h2-4,7H,5-6H2,1H3,(H,15,16,17,18). The van der Waals surface area contributed by atoms with Crippen molar-refractivity contribution in [1.82, 2.24) is 15.0 Å². The van der Waals surface area contributed by atoms with Crippen LogP contribution in [0.15, 0.2) is 24.3 Å². The van der Waals surface area contributed by atoms with E-state index in [-0.39, 0.29) is 17.1 Å². The Morgan fingerprint density at radius 3 is 2.89 bits per heavy atom. The Balaban J connectivity index is 1.94. The largest absolute Gasteiger partial charge is 0.467 e. The summed E-state index contributed by atoms with van der Waals surface area (Å²) in [7, 11) is 1.45. The molecule has 0 bridgehead atoms. The van der Waals surface area contributed by atoms with Gasteiger partial charge in [-0.15, -0.1) is 0 Å². The molecule has 2 rings (SSSR count). The van der Waals surface area contributed by atoms with Crippen LogP contribution in [-0.2, 0) is 6.42 Å². The molecule has 0 saturated carbocycles. The summed E-state index contributed by atoms with van der Waals surface area (Å²) in [5.41, 5.74) is 0.889. The summed E-state index contributed by atoms with van der Waals surface area (Å²) in [6.45, 7) is 0.549. The van der Waals surface area contributed by atoms with Gasteiger partial charge in [-0.1, -0.05) is 12.1 Å². The Bertz CT molecular complexity index is 567. The van der Waals surface area contributed by atoms with Gasteiger partial charge in [0.05, 0.1) is 7.11 Å². The molecule has 0 spiro atoms. The van der Waals surface area contributed by atoms with Crippen molar-refractivity contribution in [2.24, 2.45) is 0 Å². The van der Waals surface area contributed by atoms with Crippen LogP contribution in [-0.4, -0.2) is 28.6 Å². The third kappa shape index (κ3) is 4.03.